The van der Waals surface area contributed by atoms with Gasteiger partial charge in [0.1, 0.15) is 0 Å². The number of carbonyl (C=O) groups excluding carboxylic acids is 1. The van der Waals surface area contributed by atoms with Crippen molar-refractivity contribution in [3.8, 4) is 0 Å². The number of halogens is 1. The van der Waals surface area contributed by atoms with Gasteiger partial charge in [-0.05, 0) is 59.7 Å². The van der Waals surface area contributed by atoms with E-state index in [1.807, 2.05) is 66.7 Å². The number of hydrogen-bond acceptors (Lipinski definition) is 2. The summed E-state index contributed by atoms with van der Waals surface area (Å²) >= 11 is 3.42. The summed E-state index contributed by atoms with van der Waals surface area (Å²) in [5, 5.41) is 9.14. The molecule has 3 aromatic rings. The number of rotatable bonds is 4. The number of nitrogens with zero attached hydrogens (tertiary/aromatic N) is 1. The fourth-order valence-electron chi connectivity index (χ4n) is 3.18. The lowest BCUT2D eigenvalue weighted by atomic mass is 10.1. The van der Waals surface area contributed by atoms with E-state index in [0.29, 0.717) is 11.3 Å². The van der Waals surface area contributed by atoms with Gasteiger partial charge in [-0.3, -0.25) is 9.69 Å². The molecule has 1 aliphatic heterocycles. The van der Waals surface area contributed by atoms with Gasteiger partial charge in [0.2, 0.25) is 0 Å². The van der Waals surface area contributed by atoms with E-state index in [4.69, 9.17) is 5.11 Å². The molecule has 1 amide bonds. The summed E-state index contributed by atoms with van der Waals surface area (Å²) in [4.78, 5) is 26.0. The molecular weight excluding hydrogens is 430 g/mol. The second-order valence-electron chi connectivity index (χ2n) is 6.54. The number of benzene rings is 3. The van der Waals surface area contributed by atoms with Crippen LogP contribution in [0.4, 0.5) is 5.69 Å². The van der Waals surface area contributed by atoms with Gasteiger partial charge in [-0.15, -0.1) is 0 Å². The van der Waals surface area contributed by atoms with Gasteiger partial charge < -0.3 is 5.11 Å². The first-order valence-electron chi connectivity index (χ1n) is 8.95. The van der Waals surface area contributed by atoms with E-state index < -0.39 is 5.97 Å². The molecule has 0 spiro atoms. The van der Waals surface area contributed by atoms with E-state index in [-0.39, 0.29) is 11.5 Å². The third kappa shape index (κ3) is 3.91. The maximum atomic E-state index is 13.3. The Hall–Kier alpha value is -3.44. The standard InChI is InChI=1S/C24H16BrNO3/c25-20-10-6-16(7-11-20)14-19-15-22(17-4-2-1-3-5-17)26(23(19)27)21-12-8-18(9-13-21)24(28)29/h1-15H,(H,28,29)/b19-14+. The van der Waals surface area contributed by atoms with Gasteiger partial charge in [0.05, 0.1) is 11.3 Å². The van der Waals surface area contributed by atoms with Gasteiger partial charge in [-0.2, -0.15) is 0 Å². The van der Waals surface area contributed by atoms with E-state index in [2.05, 4.69) is 15.9 Å². The molecule has 0 aromatic heterocycles. The highest BCUT2D eigenvalue weighted by molar-refractivity contribution is 9.10. The third-order valence-corrected chi connectivity index (χ3v) is 5.15. The average Bonchev–Trinajstić information content (AvgIpc) is 3.06. The Labute approximate surface area is 176 Å². The number of hydrogen-bond donors (Lipinski definition) is 1. The van der Waals surface area contributed by atoms with E-state index >= 15 is 0 Å². The molecule has 1 aliphatic rings. The van der Waals surface area contributed by atoms with Crippen molar-refractivity contribution in [3.63, 3.8) is 0 Å². The second kappa shape index (κ2) is 7.89. The molecule has 1 N–H and O–H groups in total. The molecule has 0 bridgehead atoms. The molecule has 0 fully saturated rings. The van der Waals surface area contributed by atoms with Crippen molar-refractivity contribution >= 4 is 45.3 Å². The van der Waals surface area contributed by atoms with Crippen molar-refractivity contribution in [1.29, 1.82) is 0 Å². The molecular formula is C24H16BrNO3. The lowest BCUT2D eigenvalue weighted by molar-refractivity contribution is -0.113. The van der Waals surface area contributed by atoms with Crippen molar-refractivity contribution in [1.82, 2.24) is 0 Å². The zero-order chi connectivity index (χ0) is 20.4. The van der Waals surface area contributed by atoms with Gasteiger partial charge in [-0.25, -0.2) is 4.79 Å². The van der Waals surface area contributed by atoms with Crippen LogP contribution >= 0.6 is 15.9 Å². The van der Waals surface area contributed by atoms with Gasteiger partial charge in [0.15, 0.2) is 0 Å². The van der Waals surface area contributed by atoms with Crippen LogP contribution in [0.2, 0.25) is 0 Å². The second-order valence-corrected chi connectivity index (χ2v) is 7.46. The highest BCUT2D eigenvalue weighted by Gasteiger charge is 2.30. The highest BCUT2D eigenvalue weighted by atomic mass is 79.9. The number of carbonyl (C=O) groups is 2. The Bertz CT molecular complexity index is 1130. The van der Waals surface area contributed by atoms with Crippen molar-refractivity contribution in [2.45, 2.75) is 0 Å². The van der Waals surface area contributed by atoms with Crippen molar-refractivity contribution in [2.75, 3.05) is 4.90 Å². The minimum absolute atomic E-state index is 0.158. The summed E-state index contributed by atoms with van der Waals surface area (Å²) in [6.45, 7) is 0. The normalized spacial score (nSPS) is 14.9. The molecule has 0 radical (unpaired) electrons. The molecule has 0 saturated heterocycles. The van der Waals surface area contributed by atoms with Gasteiger partial charge >= 0.3 is 5.97 Å². The molecule has 0 atom stereocenters. The van der Waals surface area contributed by atoms with Crippen LogP contribution in [0, 0.1) is 0 Å². The van der Waals surface area contributed by atoms with Crippen LogP contribution in [0.25, 0.3) is 11.8 Å². The smallest absolute Gasteiger partial charge is 0.335 e. The Balaban J connectivity index is 1.79. The topological polar surface area (TPSA) is 57.6 Å². The summed E-state index contributed by atoms with van der Waals surface area (Å²) in [5.41, 5.74) is 3.94. The van der Waals surface area contributed by atoms with Crippen LogP contribution < -0.4 is 4.90 Å². The van der Waals surface area contributed by atoms with Crippen LogP contribution in [0.5, 0.6) is 0 Å². The minimum atomic E-state index is -1.00. The van der Waals surface area contributed by atoms with Crippen LogP contribution in [-0.4, -0.2) is 17.0 Å². The molecule has 29 heavy (non-hydrogen) atoms. The van der Waals surface area contributed by atoms with Gasteiger partial charge in [0, 0.05) is 15.7 Å². The molecule has 3 aromatic carbocycles. The van der Waals surface area contributed by atoms with E-state index in [1.54, 1.807) is 17.0 Å². The summed E-state index contributed by atoms with van der Waals surface area (Å²) in [7, 11) is 0. The van der Waals surface area contributed by atoms with Crippen LogP contribution in [0.3, 0.4) is 0 Å². The van der Waals surface area contributed by atoms with Gasteiger partial charge in [0.25, 0.3) is 5.91 Å². The largest absolute Gasteiger partial charge is 0.478 e. The van der Waals surface area contributed by atoms with Crippen molar-refractivity contribution in [2.24, 2.45) is 0 Å². The Morgan fingerprint density at radius 3 is 2.17 bits per heavy atom. The molecule has 0 aliphatic carbocycles. The molecule has 142 valence electrons. The Morgan fingerprint density at radius 1 is 0.897 bits per heavy atom. The number of carboxylic acids is 1. The predicted molar refractivity (Wildman–Crippen MR) is 117 cm³/mol. The van der Waals surface area contributed by atoms with Crippen molar-refractivity contribution in [3.05, 3.63) is 112 Å². The fraction of sp³-hybridized carbons (Fsp3) is 0. The third-order valence-electron chi connectivity index (χ3n) is 4.62. The lowest BCUT2D eigenvalue weighted by Crippen LogP contribution is -2.25. The van der Waals surface area contributed by atoms with Crippen LogP contribution in [0.1, 0.15) is 21.5 Å². The zero-order valence-corrected chi connectivity index (χ0v) is 16.8. The maximum Gasteiger partial charge on any atom is 0.335 e. The SMILES string of the molecule is O=C(O)c1ccc(N2C(=O)/C(=C/c3ccc(Br)cc3)C=C2c2ccccc2)cc1. The number of aromatic carboxylic acids is 1. The zero-order valence-electron chi connectivity index (χ0n) is 15.2. The average molecular weight is 446 g/mol. The molecule has 0 saturated carbocycles. The summed E-state index contributed by atoms with van der Waals surface area (Å²) in [5.74, 6) is -1.16. The molecule has 5 heteroatoms. The summed E-state index contributed by atoms with van der Waals surface area (Å²) in [6.07, 6.45) is 3.72. The van der Waals surface area contributed by atoms with E-state index in [9.17, 15) is 9.59 Å². The predicted octanol–water partition coefficient (Wildman–Crippen LogP) is 5.62. The molecule has 0 unspecified atom stereocenters. The van der Waals surface area contributed by atoms with Crippen molar-refractivity contribution < 1.29 is 14.7 Å². The summed E-state index contributed by atoms with van der Waals surface area (Å²) < 4.78 is 0.970. The number of amides is 1. The highest BCUT2D eigenvalue weighted by Crippen LogP contribution is 2.35. The monoisotopic (exact) mass is 445 g/mol. The Morgan fingerprint density at radius 2 is 1.55 bits per heavy atom. The van der Waals surface area contributed by atoms with Crippen LogP contribution in [-0.2, 0) is 4.79 Å². The quantitative estimate of drug-likeness (QED) is 0.530. The Kier molecular flexibility index (Phi) is 5.14. The minimum Gasteiger partial charge on any atom is -0.478 e. The first kappa shape index (κ1) is 18.9. The number of anilines is 1. The van der Waals surface area contributed by atoms with E-state index in [1.165, 1.54) is 12.1 Å². The number of carboxylic acid groups (broad SMARTS) is 1. The maximum absolute atomic E-state index is 13.3. The van der Waals surface area contributed by atoms with Crippen LogP contribution in [0.15, 0.2) is 95.0 Å². The first-order valence-corrected chi connectivity index (χ1v) is 9.74. The lowest BCUT2D eigenvalue weighted by Gasteiger charge is -2.21. The summed E-state index contributed by atoms with van der Waals surface area (Å²) in [6, 6.07) is 23.7. The molecule has 4 rings (SSSR count). The fourth-order valence-corrected chi connectivity index (χ4v) is 3.45. The van der Waals surface area contributed by atoms with E-state index in [0.717, 1.165) is 21.3 Å². The van der Waals surface area contributed by atoms with Gasteiger partial charge in [-0.1, -0.05) is 58.4 Å². The molecule has 4 nitrogen and oxygen atoms in total. The first-order chi connectivity index (χ1) is 14.0. The molecule has 1 heterocycles.